The molecule has 1 aromatic heterocycles. The van der Waals surface area contributed by atoms with Gasteiger partial charge in [0.25, 0.3) is 0 Å². The van der Waals surface area contributed by atoms with Crippen molar-refractivity contribution in [2.24, 2.45) is 0 Å². The maximum absolute atomic E-state index is 13.2. The SMILES string of the molecule is Oc1c(F)cc(CNc2cccc3[nH]ncc23)cc1F. The molecule has 0 amide bonds. The zero-order chi connectivity index (χ0) is 14.1. The van der Waals surface area contributed by atoms with Gasteiger partial charge in [0.05, 0.1) is 11.7 Å². The van der Waals surface area contributed by atoms with Crippen LogP contribution in [-0.4, -0.2) is 15.3 Å². The number of fused-ring (bicyclic) bond motifs is 1. The highest BCUT2D eigenvalue weighted by atomic mass is 19.1. The van der Waals surface area contributed by atoms with Crippen LogP contribution in [0.3, 0.4) is 0 Å². The molecule has 3 N–H and O–H groups in total. The van der Waals surface area contributed by atoms with E-state index >= 15 is 0 Å². The summed E-state index contributed by atoms with van der Waals surface area (Å²) < 4.78 is 26.5. The van der Waals surface area contributed by atoms with Gasteiger partial charge in [-0.15, -0.1) is 0 Å². The zero-order valence-corrected chi connectivity index (χ0v) is 10.3. The number of hydrogen-bond donors (Lipinski definition) is 3. The molecule has 4 nitrogen and oxygen atoms in total. The Hall–Kier alpha value is -2.63. The Kier molecular flexibility index (Phi) is 2.98. The summed E-state index contributed by atoms with van der Waals surface area (Å²) in [6.45, 7) is 0.235. The van der Waals surface area contributed by atoms with Gasteiger partial charge < -0.3 is 10.4 Å². The molecule has 0 spiro atoms. The fourth-order valence-electron chi connectivity index (χ4n) is 2.04. The quantitative estimate of drug-likeness (QED) is 0.688. The maximum Gasteiger partial charge on any atom is 0.187 e. The number of aromatic amines is 1. The van der Waals surface area contributed by atoms with Crippen molar-refractivity contribution in [2.75, 3.05) is 5.32 Å². The second-order valence-corrected chi connectivity index (χ2v) is 4.40. The molecule has 0 fully saturated rings. The molecule has 1 heterocycles. The number of aromatic hydroxyl groups is 1. The largest absolute Gasteiger partial charge is 0.503 e. The molecule has 0 aliphatic carbocycles. The molecule has 20 heavy (non-hydrogen) atoms. The third-order valence-corrected chi connectivity index (χ3v) is 3.04. The summed E-state index contributed by atoms with van der Waals surface area (Å²) in [5, 5.41) is 19.8. The minimum absolute atomic E-state index is 0.235. The van der Waals surface area contributed by atoms with Crippen molar-refractivity contribution >= 4 is 16.6 Å². The lowest BCUT2D eigenvalue weighted by atomic mass is 10.1. The number of phenols is 1. The highest BCUT2D eigenvalue weighted by molar-refractivity contribution is 5.90. The van der Waals surface area contributed by atoms with Crippen LogP contribution >= 0.6 is 0 Å². The topological polar surface area (TPSA) is 60.9 Å². The number of halogens is 2. The molecule has 0 saturated carbocycles. The molecule has 0 aliphatic rings. The van der Waals surface area contributed by atoms with Crippen LogP contribution < -0.4 is 5.32 Å². The molecule has 102 valence electrons. The minimum Gasteiger partial charge on any atom is -0.503 e. The van der Waals surface area contributed by atoms with Gasteiger partial charge in [0, 0.05) is 17.6 Å². The molecular weight excluding hydrogens is 264 g/mol. The number of benzene rings is 2. The predicted octanol–water partition coefficient (Wildman–Crippen LogP) is 3.16. The van der Waals surface area contributed by atoms with Crippen molar-refractivity contribution < 1.29 is 13.9 Å². The number of hydrogen-bond acceptors (Lipinski definition) is 3. The predicted molar refractivity (Wildman–Crippen MR) is 71.4 cm³/mol. The Morgan fingerprint density at radius 2 is 1.95 bits per heavy atom. The van der Waals surface area contributed by atoms with E-state index in [1.165, 1.54) is 0 Å². The first kappa shape index (κ1) is 12.4. The fraction of sp³-hybridized carbons (Fsp3) is 0.0714. The molecular formula is C14H11F2N3O. The lowest BCUT2D eigenvalue weighted by molar-refractivity contribution is 0.395. The van der Waals surface area contributed by atoms with Crippen molar-refractivity contribution in [2.45, 2.75) is 6.54 Å². The van der Waals surface area contributed by atoms with Crippen molar-refractivity contribution in [1.82, 2.24) is 10.2 Å². The van der Waals surface area contributed by atoms with Gasteiger partial charge in [0.15, 0.2) is 17.4 Å². The molecule has 3 rings (SSSR count). The summed E-state index contributed by atoms with van der Waals surface area (Å²) in [5.74, 6) is -2.89. The average Bonchev–Trinajstić information content (AvgIpc) is 2.91. The van der Waals surface area contributed by atoms with Crippen LogP contribution in [0.1, 0.15) is 5.56 Å². The van der Waals surface area contributed by atoms with Crippen molar-refractivity contribution in [1.29, 1.82) is 0 Å². The van der Waals surface area contributed by atoms with Crippen molar-refractivity contribution in [3.63, 3.8) is 0 Å². The summed E-state index contributed by atoms with van der Waals surface area (Å²) in [7, 11) is 0. The van der Waals surface area contributed by atoms with Crippen LogP contribution in [0.15, 0.2) is 36.5 Å². The smallest absolute Gasteiger partial charge is 0.187 e. The third-order valence-electron chi connectivity index (χ3n) is 3.04. The highest BCUT2D eigenvalue weighted by Gasteiger charge is 2.10. The van der Waals surface area contributed by atoms with Crippen LogP contribution in [0.25, 0.3) is 10.9 Å². The van der Waals surface area contributed by atoms with E-state index in [4.69, 9.17) is 5.11 Å². The Balaban J connectivity index is 1.85. The number of aromatic nitrogens is 2. The van der Waals surface area contributed by atoms with Gasteiger partial charge in [-0.3, -0.25) is 5.10 Å². The summed E-state index contributed by atoms with van der Waals surface area (Å²) in [6, 6.07) is 7.78. The van der Waals surface area contributed by atoms with E-state index in [0.717, 1.165) is 28.7 Å². The molecule has 3 aromatic rings. The molecule has 0 aliphatic heterocycles. The Morgan fingerprint density at radius 1 is 1.20 bits per heavy atom. The molecule has 0 unspecified atom stereocenters. The molecule has 2 aromatic carbocycles. The summed E-state index contributed by atoms with van der Waals surface area (Å²) in [4.78, 5) is 0. The van der Waals surface area contributed by atoms with Crippen molar-refractivity contribution in [3.05, 3.63) is 53.7 Å². The first-order valence-corrected chi connectivity index (χ1v) is 5.98. The molecule has 0 radical (unpaired) electrons. The summed E-state index contributed by atoms with van der Waals surface area (Å²) >= 11 is 0. The lowest BCUT2D eigenvalue weighted by Gasteiger charge is -2.08. The standard InChI is InChI=1S/C14H11F2N3O/c15-10-4-8(5-11(16)14(10)20)6-17-12-2-1-3-13-9(12)7-18-19-13/h1-5,7,17,20H,6H2,(H,18,19). The van der Waals surface area contributed by atoms with Gasteiger partial charge in [-0.2, -0.15) is 5.10 Å². The normalized spacial score (nSPS) is 10.9. The average molecular weight is 275 g/mol. The number of nitrogens with zero attached hydrogens (tertiary/aromatic N) is 1. The van der Waals surface area contributed by atoms with Gasteiger partial charge in [0.2, 0.25) is 0 Å². The Labute approximate surface area is 113 Å². The van der Waals surface area contributed by atoms with E-state index in [1.807, 2.05) is 18.2 Å². The van der Waals surface area contributed by atoms with Gasteiger partial charge >= 0.3 is 0 Å². The lowest BCUT2D eigenvalue weighted by Crippen LogP contribution is -2.01. The fourth-order valence-corrected chi connectivity index (χ4v) is 2.04. The van der Waals surface area contributed by atoms with Gasteiger partial charge in [-0.1, -0.05) is 6.07 Å². The summed E-state index contributed by atoms with van der Waals surface area (Å²) in [5.41, 5.74) is 2.08. The van der Waals surface area contributed by atoms with Gasteiger partial charge in [-0.05, 0) is 29.8 Å². The molecule has 0 atom stereocenters. The van der Waals surface area contributed by atoms with Gasteiger partial charge in [-0.25, -0.2) is 8.78 Å². The van der Waals surface area contributed by atoms with Crippen LogP contribution in [-0.2, 0) is 6.54 Å². The maximum atomic E-state index is 13.2. The zero-order valence-electron chi connectivity index (χ0n) is 10.3. The van der Waals surface area contributed by atoms with E-state index in [0.29, 0.717) is 5.56 Å². The second kappa shape index (κ2) is 4.80. The number of H-pyrrole nitrogens is 1. The third kappa shape index (κ3) is 2.16. The van der Waals surface area contributed by atoms with E-state index < -0.39 is 17.4 Å². The molecule has 0 saturated heterocycles. The van der Waals surface area contributed by atoms with Crippen LogP contribution in [0, 0.1) is 11.6 Å². The molecule has 0 bridgehead atoms. The van der Waals surface area contributed by atoms with E-state index in [9.17, 15) is 8.78 Å². The molecule has 6 heteroatoms. The first-order valence-electron chi connectivity index (χ1n) is 5.98. The first-order chi connectivity index (χ1) is 9.65. The number of anilines is 1. The van der Waals surface area contributed by atoms with Crippen LogP contribution in [0.2, 0.25) is 0 Å². The van der Waals surface area contributed by atoms with Crippen LogP contribution in [0.4, 0.5) is 14.5 Å². The summed E-state index contributed by atoms with van der Waals surface area (Å²) in [6.07, 6.45) is 1.68. The van der Waals surface area contributed by atoms with E-state index in [1.54, 1.807) is 6.20 Å². The number of phenolic OH excluding ortho intramolecular Hbond substituents is 1. The van der Waals surface area contributed by atoms with Crippen LogP contribution in [0.5, 0.6) is 5.75 Å². The second-order valence-electron chi connectivity index (χ2n) is 4.40. The Morgan fingerprint density at radius 3 is 2.70 bits per heavy atom. The number of nitrogens with one attached hydrogen (secondary N) is 2. The monoisotopic (exact) mass is 275 g/mol. The van der Waals surface area contributed by atoms with E-state index in [2.05, 4.69) is 15.5 Å². The number of rotatable bonds is 3. The van der Waals surface area contributed by atoms with Gasteiger partial charge in [0.1, 0.15) is 0 Å². The van der Waals surface area contributed by atoms with Crippen molar-refractivity contribution in [3.8, 4) is 5.75 Å². The highest BCUT2D eigenvalue weighted by Crippen LogP contribution is 2.24. The Bertz CT molecular complexity index is 747. The minimum atomic E-state index is -0.969. The van der Waals surface area contributed by atoms with E-state index in [-0.39, 0.29) is 6.54 Å².